The van der Waals surface area contributed by atoms with E-state index in [1.165, 1.54) is 4.90 Å². The molecule has 1 aliphatic rings. The standard InChI is InChI=1S/C22H20Cl2N4OS/c1-5-22(2,3)27-21(30)26-19-20(29)28(4)17-11-10-13(23)12-15(17)18(25-19)14-8-6-7-9-16(14)24/h1,6-12,19H,2-4H3,(H2,26,27,30). The number of amides is 1. The molecule has 0 spiro atoms. The Morgan fingerprint density at radius 2 is 1.93 bits per heavy atom. The van der Waals surface area contributed by atoms with Crippen molar-refractivity contribution in [3.8, 4) is 12.3 Å². The first-order valence-electron chi connectivity index (χ1n) is 9.09. The summed E-state index contributed by atoms with van der Waals surface area (Å²) in [5.74, 6) is 2.31. The molecule has 154 valence electrons. The van der Waals surface area contributed by atoms with Crippen LogP contribution in [0.4, 0.5) is 5.69 Å². The number of benzodiazepines with no additional fused rings is 1. The molecule has 5 nitrogen and oxygen atoms in total. The monoisotopic (exact) mass is 458 g/mol. The van der Waals surface area contributed by atoms with Crippen molar-refractivity contribution < 1.29 is 4.79 Å². The third-order valence-electron chi connectivity index (χ3n) is 4.58. The fraction of sp³-hybridized carbons (Fsp3) is 0.227. The summed E-state index contributed by atoms with van der Waals surface area (Å²) in [6.45, 7) is 3.61. The molecule has 0 saturated carbocycles. The van der Waals surface area contributed by atoms with Crippen LogP contribution >= 0.6 is 35.4 Å². The third-order valence-corrected chi connectivity index (χ3v) is 5.37. The van der Waals surface area contributed by atoms with E-state index < -0.39 is 11.7 Å². The van der Waals surface area contributed by atoms with Crippen LogP contribution in [0.15, 0.2) is 47.5 Å². The number of hydrogen-bond donors (Lipinski definition) is 2. The number of rotatable bonds is 3. The summed E-state index contributed by atoms with van der Waals surface area (Å²) in [6.07, 6.45) is 4.53. The highest BCUT2D eigenvalue weighted by molar-refractivity contribution is 7.80. The number of aliphatic imine (C=N–C) groups is 1. The molecule has 1 amide bonds. The molecule has 0 saturated heterocycles. The van der Waals surface area contributed by atoms with Crippen LogP contribution in [-0.2, 0) is 4.79 Å². The smallest absolute Gasteiger partial charge is 0.272 e. The molecule has 1 aliphatic heterocycles. The SMILES string of the molecule is C#CC(C)(C)NC(=S)NC1N=C(c2ccccc2Cl)c2cc(Cl)ccc2N(C)C1=O. The summed E-state index contributed by atoms with van der Waals surface area (Å²) in [5, 5.41) is 7.22. The quantitative estimate of drug-likeness (QED) is 0.538. The van der Waals surface area contributed by atoms with E-state index in [0.29, 0.717) is 32.6 Å². The van der Waals surface area contributed by atoms with Gasteiger partial charge in [0, 0.05) is 28.2 Å². The van der Waals surface area contributed by atoms with Crippen LogP contribution in [0.25, 0.3) is 0 Å². The third kappa shape index (κ3) is 4.59. The van der Waals surface area contributed by atoms with Gasteiger partial charge in [-0.25, -0.2) is 4.99 Å². The van der Waals surface area contributed by atoms with Crippen molar-refractivity contribution in [3.05, 3.63) is 63.6 Å². The number of carbonyl (C=O) groups is 1. The number of nitrogens with one attached hydrogen (secondary N) is 2. The summed E-state index contributed by atoms with van der Waals surface area (Å²) in [5.41, 5.74) is 1.89. The van der Waals surface area contributed by atoms with E-state index >= 15 is 0 Å². The summed E-state index contributed by atoms with van der Waals surface area (Å²) >= 11 is 18.1. The molecule has 2 aromatic rings. The Labute approximate surface area is 191 Å². The Hall–Kier alpha value is -2.59. The van der Waals surface area contributed by atoms with Crippen LogP contribution < -0.4 is 15.5 Å². The average molecular weight is 459 g/mol. The van der Waals surface area contributed by atoms with Gasteiger partial charge in [0.2, 0.25) is 6.17 Å². The number of thiocarbonyl (C=S) groups is 1. The van der Waals surface area contributed by atoms with Gasteiger partial charge in [-0.1, -0.05) is 47.3 Å². The molecule has 0 fully saturated rings. The van der Waals surface area contributed by atoms with E-state index in [0.717, 1.165) is 0 Å². The molecule has 0 aromatic heterocycles. The second-order valence-electron chi connectivity index (χ2n) is 7.29. The highest BCUT2D eigenvalue weighted by Crippen LogP contribution is 2.31. The van der Waals surface area contributed by atoms with Crippen LogP contribution in [-0.4, -0.2) is 35.5 Å². The lowest BCUT2D eigenvalue weighted by Crippen LogP contribution is -2.53. The fourth-order valence-corrected chi connectivity index (χ4v) is 3.75. The molecule has 1 unspecified atom stereocenters. The number of nitrogens with zero attached hydrogens (tertiary/aromatic N) is 2. The van der Waals surface area contributed by atoms with Crippen molar-refractivity contribution in [1.29, 1.82) is 0 Å². The summed E-state index contributed by atoms with van der Waals surface area (Å²) < 4.78 is 0. The Balaban J connectivity index is 2.11. The van der Waals surface area contributed by atoms with Crippen LogP contribution in [0.3, 0.4) is 0 Å². The van der Waals surface area contributed by atoms with Gasteiger partial charge in [0.25, 0.3) is 5.91 Å². The molecular weight excluding hydrogens is 439 g/mol. The second-order valence-corrected chi connectivity index (χ2v) is 8.54. The highest BCUT2D eigenvalue weighted by atomic mass is 35.5. The van der Waals surface area contributed by atoms with E-state index in [4.69, 9.17) is 46.8 Å². The minimum Gasteiger partial charge on any atom is -0.347 e. The van der Waals surface area contributed by atoms with E-state index in [9.17, 15) is 4.79 Å². The van der Waals surface area contributed by atoms with Crippen molar-refractivity contribution >= 4 is 57.8 Å². The van der Waals surface area contributed by atoms with Crippen molar-refractivity contribution in [1.82, 2.24) is 10.6 Å². The fourth-order valence-electron chi connectivity index (χ4n) is 2.99. The molecule has 30 heavy (non-hydrogen) atoms. The number of likely N-dealkylation sites (N-methyl/N-ethyl adjacent to an activating group) is 1. The first-order valence-corrected chi connectivity index (χ1v) is 10.3. The van der Waals surface area contributed by atoms with Gasteiger partial charge < -0.3 is 15.5 Å². The Morgan fingerprint density at radius 1 is 1.23 bits per heavy atom. The van der Waals surface area contributed by atoms with Gasteiger partial charge in [-0.05, 0) is 50.3 Å². The van der Waals surface area contributed by atoms with Crippen LogP contribution in [0.2, 0.25) is 10.0 Å². The maximum Gasteiger partial charge on any atom is 0.272 e. The highest BCUT2D eigenvalue weighted by Gasteiger charge is 2.31. The van der Waals surface area contributed by atoms with Gasteiger partial charge in [0.15, 0.2) is 5.11 Å². The van der Waals surface area contributed by atoms with Crippen molar-refractivity contribution in [3.63, 3.8) is 0 Å². The lowest BCUT2D eigenvalue weighted by Gasteiger charge is -2.25. The molecule has 3 rings (SSSR count). The topological polar surface area (TPSA) is 56.7 Å². The van der Waals surface area contributed by atoms with Crippen molar-refractivity contribution in [2.45, 2.75) is 25.6 Å². The van der Waals surface area contributed by atoms with Crippen LogP contribution in [0, 0.1) is 12.3 Å². The number of carbonyl (C=O) groups excluding carboxylic acids is 1. The summed E-state index contributed by atoms with van der Waals surface area (Å²) in [6, 6.07) is 12.6. The zero-order chi connectivity index (χ0) is 22.1. The molecule has 1 heterocycles. The van der Waals surface area contributed by atoms with E-state index in [1.54, 1.807) is 45.2 Å². The largest absolute Gasteiger partial charge is 0.347 e. The number of benzene rings is 2. The Kier molecular flexibility index (Phi) is 6.37. The van der Waals surface area contributed by atoms with Gasteiger partial charge in [-0.15, -0.1) is 6.42 Å². The van der Waals surface area contributed by atoms with Gasteiger partial charge in [0.1, 0.15) is 0 Å². The lowest BCUT2D eigenvalue weighted by molar-refractivity contribution is -0.119. The molecule has 0 bridgehead atoms. The van der Waals surface area contributed by atoms with Gasteiger partial charge in [-0.3, -0.25) is 4.79 Å². The second kappa shape index (κ2) is 8.65. The summed E-state index contributed by atoms with van der Waals surface area (Å²) in [4.78, 5) is 19.4. The first-order chi connectivity index (χ1) is 14.1. The van der Waals surface area contributed by atoms with Gasteiger partial charge in [-0.2, -0.15) is 0 Å². The number of halogens is 2. The Morgan fingerprint density at radius 3 is 2.60 bits per heavy atom. The van der Waals surface area contributed by atoms with Gasteiger partial charge in [0.05, 0.1) is 16.9 Å². The number of hydrogen-bond acceptors (Lipinski definition) is 3. The number of fused-ring (bicyclic) bond motifs is 1. The molecule has 0 radical (unpaired) electrons. The maximum absolute atomic E-state index is 13.2. The molecule has 0 aliphatic carbocycles. The number of anilines is 1. The predicted molar refractivity (Wildman–Crippen MR) is 128 cm³/mol. The predicted octanol–water partition coefficient (Wildman–Crippen LogP) is 4.01. The molecule has 1 atom stereocenters. The summed E-state index contributed by atoms with van der Waals surface area (Å²) in [7, 11) is 1.68. The normalized spacial score (nSPS) is 16.1. The number of terminal acetylenes is 1. The lowest BCUT2D eigenvalue weighted by atomic mass is 10.00. The molecule has 2 aromatic carbocycles. The van der Waals surface area contributed by atoms with Gasteiger partial charge >= 0.3 is 0 Å². The molecule has 8 heteroatoms. The molecular formula is C22H20Cl2N4OS. The minimum absolute atomic E-state index is 0.218. The zero-order valence-corrected chi connectivity index (χ0v) is 19.0. The molecule has 2 N–H and O–H groups in total. The van der Waals surface area contributed by atoms with E-state index in [2.05, 4.69) is 16.6 Å². The maximum atomic E-state index is 13.2. The van der Waals surface area contributed by atoms with E-state index in [1.807, 2.05) is 18.2 Å². The van der Waals surface area contributed by atoms with Crippen LogP contribution in [0.5, 0.6) is 0 Å². The first kappa shape index (κ1) is 22.1. The minimum atomic E-state index is -0.985. The Bertz CT molecular complexity index is 1090. The van der Waals surface area contributed by atoms with Crippen molar-refractivity contribution in [2.24, 2.45) is 4.99 Å². The average Bonchev–Trinajstić information content (AvgIpc) is 2.78. The van der Waals surface area contributed by atoms with E-state index in [-0.39, 0.29) is 11.0 Å². The van der Waals surface area contributed by atoms with Crippen LogP contribution in [0.1, 0.15) is 25.0 Å². The zero-order valence-electron chi connectivity index (χ0n) is 16.7. The van der Waals surface area contributed by atoms with Crippen molar-refractivity contribution in [2.75, 3.05) is 11.9 Å².